The number of thiophene rings is 1. The molecule has 0 saturated carbocycles. The van der Waals surface area contributed by atoms with Gasteiger partial charge in [-0.05, 0) is 48.6 Å². The molecule has 2 aliphatic heterocycles. The van der Waals surface area contributed by atoms with E-state index in [0.717, 1.165) is 35.8 Å². The predicted octanol–water partition coefficient (Wildman–Crippen LogP) is 5.19. The van der Waals surface area contributed by atoms with Crippen LogP contribution in [0.2, 0.25) is 0 Å². The van der Waals surface area contributed by atoms with E-state index in [9.17, 15) is 4.39 Å². The van der Waals surface area contributed by atoms with Gasteiger partial charge < -0.3 is 4.90 Å². The SMILES string of the molecule is CCC1CCCN(c2ccc(C3=Nc4cc(F)ccc4C3)s2)C1. The number of aliphatic imine (C=N–C) groups is 1. The van der Waals surface area contributed by atoms with E-state index in [1.165, 1.54) is 47.8 Å². The fraction of sp³-hybridized carbons (Fsp3) is 0.421. The molecule has 1 saturated heterocycles. The van der Waals surface area contributed by atoms with Crippen LogP contribution in [0.1, 0.15) is 36.6 Å². The topological polar surface area (TPSA) is 15.6 Å². The summed E-state index contributed by atoms with van der Waals surface area (Å²) in [4.78, 5) is 8.38. The summed E-state index contributed by atoms with van der Waals surface area (Å²) in [6.07, 6.45) is 4.73. The standard InChI is InChI=1S/C19H21FN2S/c1-2-13-4-3-9-22(12-13)19-8-7-18(23-19)17-10-14-5-6-15(20)11-16(14)21-17/h5-8,11,13H,2-4,9-10,12H2,1H3. The summed E-state index contributed by atoms with van der Waals surface area (Å²) in [5.74, 6) is 0.616. The minimum Gasteiger partial charge on any atom is -0.363 e. The molecule has 0 aliphatic carbocycles. The van der Waals surface area contributed by atoms with Crippen molar-refractivity contribution in [1.29, 1.82) is 0 Å². The molecule has 23 heavy (non-hydrogen) atoms. The van der Waals surface area contributed by atoms with Crippen molar-refractivity contribution in [3.63, 3.8) is 0 Å². The molecule has 2 nitrogen and oxygen atoms in total. The molecule has 1 atom stereocenters. The van der Waals surface area contributed by atoms with Crippen LogP contribution in [0, 0.1) is 11.7 Å². The number of fused-ring (bicyclic) bond motifs is 1. The maximum atomic E-state index is 13.3. The summed E-state index contributed by atoms with van der Waals surface area (Å²) in [6, 6.07) is 9.32. The molecule has 0 N–H and O–H groups in total. The molecule has 4 heteroatoms. The van der Waals surface area contributed by atoms with Crippen molar-refractivity contribution >= 4 is 27.7 Å². The Morgan fingerprint density at radius 3 is 3.09 bits per heavy atom. The van der Waals surface area contributed by atoms with E-state index in [1.807, 2.05) is 17.4 Å². The fourth-order valence-electron chi connectivity index (χ4n) is 3.55. The first-order valence-electron chi connectivity index (χ1n) is 8.44. The largest absolute Gasteiger partial charge is 0.363 e. The minimum atomic E-state index is -0.209. The summed E-state index contributed by atoms with van der Waals surface area (Å²) in [7, 11) is 0. The Kier molecular flexibility index (Phi) is 3.93. The molecular formula is C19H21FN2S. The van der Waals surface area contributed by atoms with Gasteiger partial charge in [0.2, 0.25) is 0 Å². The molecule has 1 fully saturated rings. The second kappa shape index (κ2) is 6.08. The first-order valence-corrected chi connectivity index (χ1v) is 9.25. The van der Waals surface area contributed by atoms with Crippen LogP contribution in [0.25, 0.3) is 0 Å². The number of nitrogens with zero attached hydrogens (tertiary/aromatic N) is 2. The molecule has 0 bridgehead atoms. The molecule has 0 amide bonds. The first kappa shape index (κ1) is 14.9. The Labute approximate surface area is 140 Å². The second-order valence-corrected chi connectivity index (χ2v) is 7.57. The van der Waals surface area contributed by atoms with Crippen LogP contribution in [0.5, 0.6) is 0 Å². The smallest absolute Gasteiger partial charge is 0.125 e. The number of anilines is 1. The zero-order valence-corrected chi connectivity index (χ0v) is 14.2. The molecular weight excluding hydrogens is 307 g/mol. The van der Waals surface area contributed by atoms with Gasteiger partial charge in [0.05, 0.1) is 21.3 Å². The van der Waals surface area contributed by atoms with Crippen molar-refractivity contribution in [2.45, 2.75) is 32.6 Å². The van der Waals surface area contributed by atoms with Gasteiger partial charge in [-0.3, -0.25) is 4.99 Å². The van der Waals surface area contributed by atoms with Gasteiger partial charge in [0.15, 0.2) is 0 Å². The van der Waals surface area contributed by atoms with Crippen molar-refractivity contribution < 1.29 is 4.39 Å². The van der Waals surface area contributed by atoms with E-state index >= 15 is 0 Å². The highest BCUT2D eigenvalue weighted by atomic mass is 32.1. The van der Waals surface area contributed by atoms with Gasteiger partial charge >= 0.3 is 0 Å². The van der Waals surface area contributed by atoms with Gasteiger partial charge in [0.25, 0.3) is 0 Å². The van der Waals surface area contributed by atoms with Crippen molar-refractivity contribution in [3.05, 3.63) is 46.6 Å². The lowest BCUT2D eigenvalue weighted by Crippen LogP contribution is -2.34. The number of hydrogen-bond acceptors (Lipinski definition) is 3. The van der Waals surface area contributed by atoms with Crippen molar-refractivity contribution in [2.75, 3.05) is 18.0 Å². The Balaban J connectivity index is 1.54. The number of halogens is 1. The highest BCUT2D eigenvalue weighted by Crippen LogP contribution is 2.35. The van der Waals surface area contributed by atoms with Gasteiger partial charge in [0.1, 0.15) is 5.82 Å². The quantitative estimate of drug-likeness (QED) is 0.757. The van der Waals surface area contributed by atoms with Crippen LogP contribution in [-0.2, 0) is 6.42 Å². The van der Waals surface area contributed by atoms with Crippen LogP contribution in [-0.4, -0.2) is 18.8 Å². The fourth-order valence-corrected chi connectivity index (χ4v) is 4.58. The maximum absolute atomic E-state index is 13.3. The van der Waals surface area contributed by atoms with Crippen molar-refractivity contribution in [3.8, 4) is 0 Å². The molecule has 2 aromatic rings. The average Bonchev–Trinajstić information content (AvgIpc) is 3.21. The van der Waals surface area contributed by atoms with Crippen LogP contribution in [0.4, 0.5) is 15.1 Å². The lowest BCUT2D eigenvalue weighted by molar-refractivity contribution is 0.406. The van der Waals surface area contributed by atoms with Gasteiger partial charge in [-0.2, -0.15) is 0 Å². The number of piperidine rings is 1. The molecule has 3 heterocycles. The highest BCUT2D eigenvalue weighted by Gasteiger charge is 2.22. The molecule has 4 rings (SSSR count). The van der Waals surface area contributed by atoms with E-state index < -0.39 is 0 Å². The van der Waals surface area contributed by atoms with Crippen molar-refractivity contribution in [1.82, 2.24) is 0 Å². The van der Waals surface area contributed by atoms with E-state index in [4.69, 9.17) is 0 Å². The average molecular weight is 328 g/mol. The Hall–Kier alpha value is -1.68. The Morgan fingerprint density at radius 2 is 2.22 bits per heavy atom. The van der Waals surface area contributed by atoms with Crippen LogP contribution in [0.15, 0.2) is 35.3 Å². The number of hydrogen-bond donors (Lipinski definition) is 0. The van der Waals surface area contributed by atoms with E-state index in [1.54, 1.807) is 0 Å². The predicted molar refractivity (Wildman–Crippen MR) is 95.8 cm³/mol. The molecule has 1 aromatic carbocycles. The number of benzene rings is 1. The molecule has 120 valence electrons. The summed E-state index contributed by atoms with van der Waals surface area (Å²) in [5.41, 5.74) is 2.99. The van der Waals surface area contributed by atoms with Crippen LogP contribution in [0.3, 0.4) is 0 Å². The minimum absolute atomic E-state index is 0.209. The zero-order chi connectivity index (χ0) is 15.8. The summed E-state index contributed by atoms with van der Waals surface area (Å²) >= 11 is 1.83. The van der Waals surface area contributed by atoms with Gasteiger partial charge in [-0.1, -0.05) is 19.4 Å². The van der Waals surface area contributed by atoms with Gasteiger partial charge in [0, 0.05) is 19.5 Å². The van der Waals surface area contributed by atoms with Gasteiger partial charge in [-0.15, -0.1) is 11.3 Å². The lowest BCUT2D eigenvalue weighted by Gasteiger charge is -2.32. The molecule has 0 spiro atoms. The van der Waals surface area contributed by atoms with Gasteiger partial charge in [-0.25, -0.2) is 4.39 Å². The van der Waals surface area contributed by atoms with E-state index in [2.05, 4.69) is 28.9 Å². The first-order chi connectivity index (χ1) is 11.2. The monoisotopic (exact) mass is 328 g/mol. The summed E-state index contributed by atoms with van der Waals surface area (Å²) < 4.78 is 13.3. The molecule has 1 unspecified atom stereocenters. The van der Waals surface area contributed by atoms with Crippen molar-refractivity contribution in [2.24, 2.45) is 10.9 Å². The van der Waals surface area contributed by atoms with E-state index in [0.29, 0.717) is 0 Å². The normalized spacial score (nSPS) is 20.5. The lowest BCUT2D eigenvalue weighted by atomic mass is 9.96. The molecule has 2 aliphatic rings. The Bertz CT molecular complexity index is 750. The Morgan fingerprint density at radius 1 is 1.30 bits per heavy atom. The summed E-state index contributed by atoms with van der Waals surface area (Å²) in [5, 5.41) is 1.35. The maximum Gasteiger partial charge on any atom is 0.125 e. The third kappa shape index (κ3) is 2.92. The zero-order valence-electron chi connectivity index (χ0n) is 13.4. The molecule has 1 aromatic heterocycles. The van der Waals surface area contributed by atoms with Crippen LogP contribution < -0.4 is 4.90 Å². The third-order valence-electron chi connectivity index (χ3n) is 4.94. The molecule has 0 radical (unpaired) electrons. The summed E-state index contributed by atoms with van der Waals surface area (Å²) in [6.45, 7) is 4.63. The number of rotatable bonds is 3. The highest BCUT2D eigenvalue weighted by molar-refractivity contribution is 7.18. The van der Waals surface area contributed by atoms with E-state index in [-0.39, 0.29) is 5.82 Å². The van der Waals surface area contributed by atoms with Crippen LogP contribution >= 0.6 is 11.3 Å². The second-order valence-electron chi connectivity index (χ2n) is 6.51. The third-order valence-corrected chi connectivity index (χ3v) is 6.14.